The molecule has 1 aromatic rings. The zero-order valence-corrected chi connectivity index (χ0v) is 14.0. The first-order chi connectivity index (χ1) is 9.29. The third kappa shape index (κ3) is 5.49. The first-order valence-electron chi connectivity index (χ1n) is 6.48. The smallest absolute Gasteiger partial charge is 0.370 e. The highest BCUT2D eigenvalue weighted by molar-refractivity contribution is 7.80. The van der Waals surface area contributed by atoms with Gasteiger partial charge in [0, 0.05) is 36.5 Å². The predicted octanol–water partition coefficient (Wildman–Crippen LogP) is 2.15. The fraction of sp³-hybridized carbons (Fsp3) is 0.538. The van der Waals surface area contributed by atoms with E-state index >= 15 is 0 Å². The maximum atomic E-state index is 6.00. The largest absolute Gasteiger partial charge is 0.537 e. The van der Waals surface area contributed by atoms with E-state index in [0.29, 0.717) is 31.3 Å². The number of benzene rings is 1. The summed E-state index contributed by atoms with van der Waals surface area (Å²) in [6, 6.07) is 9.92. The Morgan fingerprint density at radius 2 is 1.42 bits per heavy atom. The van der Waals surface area contributed by atoms with Crippen LogP contribution in [0.1, 0.15) is 13.3 Å². The Balaban J connectivity index is 2.94. The molecule has 0 radical (unpaired) electrons. The van der Waals surface area contributed by atoms with Crippen molar-refractivity contribution in [2.75, 3.05) is 31.3 Å². The lowest BCUT2D eigenvalue weighted by atomic mass is 10.4. The Morgan fingerprint density at radius 3 is 1.89 bits per heavy atom. The van der Waals surface area contributed by atoms with Gasteiger partial charge in [0.2, 0.25) is 0 Å². The predicted molar refractivity (Wildman–Crippen MR) is 87.7 cm³/mol. The monoisotopic (exact) mass is 318 g/mol. The van der Waals surface area contributed by atoms with Crippen molar-refractivity contribution in [2.45, 2.75) is 13.3 Å². The van der Waals surface area contributed by atoms with Gasteiger partial charge in [-0.25, -0.2) is 0 Å². The fourth-order valence-electron chi connectivity index (χ4n) is 1.61. The zero-order chi connectivity index (χ0) is 14.0. The summed E-state index contributed by atoms with van der Waals surface area (Å²) in [4.78, 5) is 0. The molecule has 0 saturated carbocycles. The summed E-state index contributed by atoms with van der Waals surface area (Å²) < 4.78 is 17.9. The summed E-state index contributed by atoms with van der Waals surface area (Å²) >= 11 is 8.40. The van der Waals surface area contributed by atoms with Crippen LogP contribution in [0.5, 0.6) is 0 Å². The highest BCUT2D eigenvalue weighted by atomic mass is 32.1. The van der Waals surface area contributed by atoms with Crippen LogP contribution in [0.2, 0.25) is 0 Å². The summed E-state index contributed by atoms with van der Waals surface area (Å²) in [6.07, 6.45) is 0.927. The van der Waals surface area contributed by atoms with E-state index in [1.54, 1.807) is 0 Å². The number of hydrogen-bond acceptors (Lipinski definition) is 5. The lowest BCUT2D eigenvalue weighted by Crippen LogP contribution is -2.57. The van der Waals surface area contributed by atoms with Gasteiger partial charge < -0.3 is 13.3 Å². The molecule has 0 aliphatic carbocycles. The van der Waals surface area contributed by atoms with Crippen molar-refractivity contribution in [1.29, 1.82) is 0 Å². The second kappa shape index (κ2) is 9.85. The molecule has 0 saturated heterocycles. The van der Waals surface area contributed by atoms with Crippen molar-refractivity contribution >= 4 is 39.2 Å². The molecule has 6 heteroatoms. The number of hydrogen-bond donors (Lipinski definition) is 2. The molecule has 0 atom stereocenters. The molecule has 0 amide bonds. The summed E-state index contributed by atoms with van der Waals surface area (Å²) in [5.74, 6) is 1.28. The van der Waals surface area contributed by atoms with Crippen LogP contribution >= 0.6 is 25.3 Å². The van der Waals surface area contributed by atoms with Crippen LogP contribution in [0.3, 0.4) is 0 Å². The molecular weight excluding hydrogens is 296 g/mol. The fourth-order valence-corrected chi connectivity index (χ4v) is 4.71. The van der Waals surface area contributed by atoms with Crippen LogP contribution in [0.15, 0.2) is 30.3 Å². The Hall–Kier alpha value is 0.0169. The maximum absolute atomic E-state index is 6.00. The summed E-state index contributed by atoms with van der Waals surface area (Å²) in [6.45, 7) is 3.72. The number of rotatable bonds is 10. The van der Waals surface area contributed by atoms with Gasteiger partial charge in [0.15, 0.2) is 0 Å². The van der Waals surface area contributed by atoms with Crippen LogP contribution in [-0.2, 0) is 13.3 Å². The molecule has 1 aromatic carbocycles. The van der Waals surface area contributed by atoms with E-state index in [9.17, 15) is 0 Å². The third-order valence-corrected chi connectivity index (χ3v) is 5.55. The molecule has 0 spiro atoms. The van der Waals surface area contributed by atoms with Gasteiger partial charge in [-0.3, -0.25) is 0 Å². The summed E-state index contributed by atoms with van der Waals surface area (Å²) in [7, 11) is -2.83. The highest BCUT2D eigenvalue weighted by Crippen LogP contribution is 2.12. The van der Waals surface area contributed by atoms with Crippen molar-refractivity contribution in [3.05, 3.63) is 30.3 Å². The van der Waals surface area contributed by atoms with Gasteiger partial charge >= 0.3 is 8.80 Å². The van der Waals surface area contributed by atoms with Crippen molar-refractivity contribution in [3.8, 4) is 0 Å². The van der Waals surface area contributed by atoms with Crippen LogP contribution in [0.4, 0.5) is 0 Å². The molecule has 0 aliphatic heterocycles. The van der Waals surface area contributed by atoms with E-state index < -0.39 is 8.80 Å². The Morgan fingerprint density at radius 1 is 0.895 bits per heavy atom. The minimum absolute atomic E-state index is 0.514. The Labute approximate surface area is 127 Å². The Kier molecular flexibility index (Phi) is 8.85. The molecule has 108 valence electrons. The van der Waals surface area contributed by atoms with E-state index in [0.717, 1.165) is 11.6 Å². The molecule has 1 rings (SSSR count). The SMILES string of the molecule is CCCO[Si](OCCS)(OCCS)c1ccccc1. The Bertz CT molecular complexity index is 316. The zero-order valence-electron chi connectivity index (χ0n) is 11.2. The average molecular weight is 319 g/mol. The third-order valence-electron chi connectivity index (χ3n) is 2.39. The van der Waals surface area contributed by atoms with Gasteiger partial charge in [-0.05, 0) is 6.42 Å². The minimum Gasteiger partial charge on any atom is -0.370 e. The molecular formula is C13H22O3S2Si. The van der Waals surface area contributed by atoms with Crippen LogP contribution in [0, 0.1) is 0 Å². The van der Waals surface area contributed by atoms with E-state index in [4.69, 9.17) is 13.3 Å². The van der Waals surface area contributed by atoms with Gasteiger partial charge in [-0.1, -0.05) is 37.3 Å². The van der Waals surface area contributed by atoms with Gasteiger partial charge in [0.1, 0.15) is 0 Å². The summed E-state index contributed by atoms with van der Waals surface area (Å²) in [5.41, 5.74) is 0. The van der Waals surface area contributed by atoms with Crippen molar-refractivity contribution in [2.24, 2.45) is 0 Å². The quantitative estimate of drug-likeness (QED) is 0.511. The molecule has 3 nitrogen and oxygen atoms in total. The van der Waals surface area contributed by atoms with Crippen LogP contribution in [-0.4, -0.2) is 40.1 Å². The molecule has 0 aromatic heterocycles. The lowest BCUT2D eigenvalue weighted by molar-refractivity contribution is 0.0832. The van der Waals surface area contributed by atoms with Gasteiger partial charge in [-0.2, -0.15) is 25.3 Å². The molecule has 0 bridgehead atoms. The number of thiol groups is 2. The van der Waals surface area contributed by atoms with E-state index in [-0.39, 0.29) is 0 Å². The second-order valence-electron chi connectivity index (χ2n) is 3.91. The van der Waals surface area contributed by atoms with E-state index in [1.165, 1.54) is 0 Å². The second-order valence-corrected chi connectivity index (χ2v) is 7.36. The molecule has 0 heterocycles. The van der Waals surface area contributed by atoms with Crippen molar-refractivity contribution in [3.63, 3.8) is 0 Å². The molecule has 0 aliphatic rings. The topological polar surface area (TPSA) is 27.7 Å². The van der Waals surface area contributed by atoms with Gasteiger partial charge in [0.25, 0.3) is 0 Å². The first kappa shape index (κ1) is 17.1. The van der Waals surface area contributed by atoms with E-state index in [2.05, 4.69) is 32.2 Å². The van der Waals surface area contributed by atoms with E-state index in [1.807, 2.05) is 30.3 Å². The maximum Gasteiger partial charge on any atom is 0.537 e. The molecule has 0 unspecified atom stereocenters. The van der Waals surface area contributed by atoms with Crippen molar-refractivity contribution < 1.29 is 13.3 Å². The normalized spacial score (nSPS) is 11.7. The minimum atomic E-state index is -2.83. The van der Waals surface area contributed by atoms with Crippen LogP contribution in [0.25, 0.3) is 0 Å². The molecule has 0 fully saturated rings. The standard InChI is InChI=1S/C13H22O3S2Si/c1-2-8-14-19(15-9-11-17,16-10-12-18)13-6-4-3-5-7-13/h3-7,17-18H,2,8-12H2,1H3. The van der Waals surface area contributed by atoms with Gasteiger partial charge in [0.05, 0.1) is 0 Å². The molecule has 19 heavy (non-hydrogen) atoms. The van der Waals surface area contributed by atoms with Gasteiger partial charge in [-0.15, -0.1) is 0 Å². The average Bonchev–Trinajstić information content (AvgIpc) is 2.48. The van der Waals surface area contributed by atoms with Crippen molar-refractivity contribution in [1.82, 2.24) is 0 Å². The molecule has 0 N–H and O–H groups in total. The highest BCUT2D eigenvalue weighted by Gasteiger charge is 2.43. The van der Waals surface area contributed by atoms with Crippen LogP contribution < -0.4 is 5.19 Å². The summed E-state index contributed by atoms with van der Waals surface area (Å²) in [5, 5.41) is 0.993. The lowest BCUT2D eigenvalue weighted by Gasteiger charge is -2.29. The first-order valence-corrected chi connectivity index (χ1v) is 9.47.